The van der Waals surface area contributed by atoms with Crippen LogP contribution in [-0.4, -0.2) is 37.9 Å². The summed E-state index contributed by atoms with van der Waals surface area (Å²) in [6, 6.07) is 3.39. The maximum Gasteiger partial charge on any atom is 0.242 e. The van der Waals surface area contributed by atoms with Gasteiger partial charge in [0.25, 0.3) is 0 Å². The number of ketones is 1. The maximum absolute atomic E-state index is 11.8. The van der Waals surface area contributed by atoms with Crippen LogP contribution in [0.3, 0.4) is 0 Å². The molecule has 0 aliphatic heterocycles. The van der Waals surface area contributed by atoms with Gasteiger partial charge in [0.15, 0.2) is 5.78 Å². The van der Waals surface area contributed by atoms with Gasteiger partial charge in [-0.3, -0.25) is 9.59 Å². The van der Waals surface area contributed by atoms with Gasteiger partial charge in [-0.25, -0.2) is 4.68 Å². The predicted octanol–water partition coefficient (Wildman–Crippen LogP) is 0.512. The van der Waals surface area contributed by atoms with E-state index in [0.29, 0.717) is 4.88 Å². The third kappa shape index (κ3) is 3.95. The Labute approximate surface area is 113 Å². The summed E-state index contributed by atoms with van der Waals surface area (Å²) < 4.78 is 1.32. The van der Waals surface area contributed by atoms with E-state index in [0.717, 1.165) is 0 Å². The SMILES string of the molecule is C[C@@H](CC(=O)c1cccs1)NC(=O)Cn1cnnn1. The fourth-order valence-electron chi connectivity index (χ4n) is 1.59. The third-order valence-electron chi connectivity index (χ3n) is 2.39. The fraction of sp³-hybridized carbons (Fsp3) is 0.364. The number of Topliss-reactive ketones (excluding diaryl/α,β-unsaturated/α-hetero) is 1. The van der Waals surface area contributed by atoms with Crippen LogP contribution in [-0.2, 0) is 11.3 Å². The molecule has 2 heterocycles. The van der Waals surface area contributed by atoms with Crippen molar-refractivity contribution in [3.8, 4) is 0 Å². The van der Waals surface area contributed by atoms with Crippen LogP contribution in [0.4, 0.5) is 0 Å². The van der Waals surface area contributed by atoms with Crippen molar-refractivity contribution in [2.45, 2.75) is 25.9 Å². The molecule has 1 atom stereocenters. The number of aromatic nitrogens is 4. The first-order valence-corrected chi connectivity index (χ1v) is 6.60. The Morgan fingerprint density at radius 3 is 3.00 bits per heavy atom. The standard InChI is InChI=1S/C11H13N5O2S/c1-8(5-9(17)10-3-2-4-19-10)13-11(18)6-16-7-12-14-15-16/h2-4,7-8H,5-6H2,1H3,(H,13,18)/t8-/m0/s1. The molecule has 0 saturated heterocycles. The lowest BCUT2D eigenvalue weighted by atomic mass is 10.1. The number of thiophene rings is 1. The zero-order valence-electron chi connectivity index (χ0n) is 10.3. The molecule has 0 aliphatic carbocycles. The van der Waals surface area contributed by atoms with E-state index in [4.69, 9.17) is 0 Å². The highest BCUT2D eigenvalue weighted by molar-refractivity contribution is 7.12. The van der Waals surface area contributed by atoms with Gasteiger partial charge in [-0.2, -0.15) is 0 Å². The largest absolute Gasteiger partial charge is 0.352 e. The zero-order valence-corrected chi connectivity index (χ0v) is 11.1. The molecular weight excluding hydrogens is 266 g/mol. The molecule has 1 N–H and O–H groups in total. The minimum atomic E-state index is -0.224. The molecule has 0 saturated carbocycles. The first-order chi connectivity index (χ1) is 9.15. The summed E-state index contributed by atoms with van der Waals surface area (Å²) in [5.41, 5.74) is 0. The van der Waals surface area contributed by atoms with Gasteiger partial charge < -0.3 is 5.32 Å². The number of tetrazole rings is 1. The van der Waals surface area contributed by atoms with Crippen molar-refractivity contribution in [1.29, 1.82) is 0 Å². The van der Waals surface area contributed by atoms with Gasteiger partial charge in [0.05, 0.1) is 4.88 Å². The summed E-state index contributed by atoms with van der Waals surface area (Å²) >= 11 is 1.40. The normalized spacial score (nSPS) is 12.1. The minimum absolute atomic E-state index is 0.0326. The average molecular weight is 279 g/mol. The van der Waals surface area contributed by atoms with Crippen molar-refractivity contribution in [2.75, 3.05) is 0 Å². The third-order valence-corrected chi connectivity index (χ3v) is 3.30. The van der Waals surface area contributed by atoms with Crippen LogP contribution in [0.25, 0.3) is 0 Å². The summed E-state index contributed by atoms with van der Waals surface area (Å²) in [6.07, 6.45) is 1.64. The molecule has 0 aromatic carbocycles. The van der Waals surface area contributed by atoms with Crippen LogP contribution >= 0.6 is 11.3 Å². The topological polar surface area (TPSA) is 89.8 Å². The molecule has 0 bridgehead atoms. The van der Waals surface area contributed by atoms with E-state index in [9.17, 15) is 9.59 Å². The Balaban J connectivity index is 1.79. The van der Waals surface area contributed by atoms with Crippen LogP contribution < -0.4 is 5.32 Å². The first kappa shape index (κ1) is 13.3. The van der Waals surface area contributed by atoms with Gasteiger partial charge in [0.1, 0.15) is 12.9 Å². The van der Waals surface area contributed by atoms with Gasteiger partial charge in [-0.05, 0) is 28.8 Å². The molecule has 0 fully saturated rings. The van der Waals surface area contributed by atoms with E-state index in [1.54, 1.807) is 13.0 Å². The van der Waals surface area contributed by atoms with E-state index in [-0.39, 0.29) is 30.7 Å². The fourth-order valence-corrected chi connectivity index (χ4v) is 2.26. The lowest BCUT2D eigenvalue weighted by Crippen LogP contribution is -2.36. The Hall–Kier alpha value is -2.09. The second-order valence-corrected chi connectivity index (χ2v) is 5.03. The highest BCUT2D eigenvalue weighted by atomic mass is 32.1. The summed E-state index contributed by atoms with van der Waals surface area (Å²) in [5, 5.41) is 15.1. The molecule has 8 heteroatoms. The molecular formula is C11H13N5O2S. The van der Waals surface area contributed by atoms with Crippen molar-refractivity contribution in [3.05, 3.63) is 28.7 Å². The second-order valence-electron chi connectivity index (χ2n) is 4.08. The molecule has 19 heavy (non-hydrogen) atoms. The monoisotopic (exact) mass is 279 g/mol. The first-order valence-electron chi connectivity index (χ1n) is 5.72. The van der Waals surface area contributed by atoms with E-state index >= 15 is 0 Å². The number of hydrogen-bond acceptors (Lipinski definition) is 6. The molecule has 7 nitrogen and oxygen atoms in total. The van der Waals surface area contributed by atoms with Crippen LogP contribution in [0.5, 0.6) is 0 Å². The summed E-state index contributed by atoms with van der Waals surface area (Å²) in [7, 11) is 0. The lowest BCUT2D eigenvalue weighted by molar-refractivity contribution is -0.122. The number of nitrogens with zero attached hydrogens (tertiary/aromatic N) is 4. The van der Waals surface area contributed by atoms with Gasteiger partial charge >= 0.3 is 0 Å². The Morgan fingerprint density at radius 2 is 2.37 bits per heavy atom. The second kappa shape index (κ2) is 6.19. The van der Waals surface area contributed by atoms with Gasteiger partial charge in [0, 0.05) is 12.5 Å². The van der Waals surface area contributed by atoms with Crippen LogP contribution in [0.2, 0.25) is 0 Å². The number of carbonyl (C=O) groups excluding carboxylic acids is 2. The lowest BCUT2D eigenvalue weighted by Gasteiger charge is -2.12. The Bertz CT molecular complexity index is 537. The highest BCUT2D eigenvalue weighted by Crippen LogP contribution is 2.12. The highest BCUT2D eigenvalue weighted by Gasteiger charge is 2.14. The van der Waals surface area contributed by atoms with Crippen molar-refractivity contribution >= 4 is 23.0 Å². The van der Waals surface area contributed by atoms with E-state index in [1.165, 1.54) is 22.3 Å². The smallest absolute Gasteiger partial charge is 0.242 e. The number of hydrogen-bond donors (Lipinski definition) is 1. The summed E-state index contributed by atoms with van der Waals surface area (Å²) in [6.45, 7) is 1.84. The quantitative estimate of drug-likeness (QED) is 0.778. The molecule has 2 rings (SSSR count). The number of rotatable bonds is 6. The van der Waals surface area contributed by atoms with Crippen LogP contribution in [0.15, 0.2) is 23.8 Å². The number of nitrogens with one attached hydrogen (secondary N) is 1. The molecule has 0 unspecified atom stereocenters. The van der Waals surface area contributed by atoms with E-state index in [2.05, 4.69) is 20.8 Å². The molecule has 100 valence electrons. The predicted molar refractivity (Wildman–Crippen MR) is 68.7 cm³/mol. The number of carbonyl (C=O) groups is 2. The molecule has 0 spiro atoms. The van der Waals surface area contributed by atoms with Gasteiger partial charge in [-0.15, -0.1) is 16.4 Å². The Morgan fingerprint density at radius 1 is 1.53 bits per heavy atom. The molecule has 2 aromatic rings. The molecule has 0 aliphatic rings. The van der Waals surface area contributed by atoms with E-state index < -0.39 is 0 Å². The molecule has 1 amide bonds. The molecule has 2 aromatic heterocycles. The van der Waals surface area contributed by atoms with Crippen LogP contribution in [0.1, 0.15) is 23.0 Å². The van der Waals surface area contributed by atoms with E-state index in [1.807, 2.05) is 11.4 Å². The Kier molecular flexibility index (Phi) is 4.35. The maximum atomic E-state index is 11.8. The summed E-state index contributed by atoms with van der Waals surface area (Å²) in [4.78, 5) is 24.2. The minimum Gasteiger partial charge on any atom is -0.352 e. The van der Waals surface area contributed by atoms with Crippen molar-refractivity contribution in [3.63, 3.8) is 0 Å². The summed E-state index contributed by atoms with van der Waals surface area (Å²) in [5.74, 6) is -0.191. The number of amides is 1. The van der Waals surface area contributed by atoms with Crippen molar-refractivity contribution in [1.82, 2.24) is 25.5 Å². The van der Waals surface area contributed by atoms with Gasteiger partial charge in [0.2, 0.25) is 5.91 Å². The average Bonchev–Trinajstić information content (AvgIpc) is 3.00. The van der Waals surface area contributed by atoms with Crippen molar-refractivity contribution in [2.24, 2.45) is 0 Å². The zero-order chi connectivity index (χ0) is 13.7. The van der Waals surface area contributed by atoms with Gasteiger partial charge in [-0.1, -0.05) is 6.07 Å². The molecule has 0 radical (unpaired) electrons. The van der Waals surface area contributed by atoms with Crippen LogP contribution in [0, 0.1) is 0 Å². The van der Waals surface area contributed by atoms with Crippen molar-refractivity contribution < 1.29 is 9.59 Å².